The van der Waals surface area contributed by atoms with Gasteiger partial charge in [0.15, 0.2) is 0 Å². The number of hydrogen-bond acceptors (Lipinski definition) is 1. The van der Waals surface area contributed by atoms with Crippen molar-refractivity contribution in [2.75, 3.05) is 0 Å². The second-order valence-electron chi connectivity index (χ2n) is 3.32. The summed E-state index contributed by atoms with van der Waals surface area (Å²) in [6, 6.07) is 6.79. The third kappa shape index (κ3) is 1.30. The molecule has 1 aliphatic carbocycles. The Kier molecular flexibility index (Phi) is 1.78. The highest BCUT2D eigenvalue weighted by Gasteiger charge is 2.45. The monoisotopic (exact) mass is 195 g/mol. The van der Waals surface area contributed by atoms with Crippen LogP contribution in [-0.4, -0.2) is 0 Å². The van der Waals surface area contributed by atoms with Crippen LogP contribution in [-0.2, 0) is 5.41 Å². The molecule has 1 nitrogen and oxygen atoms in total. The largest absolute Gasteiger partial charge is 0.205 e. The summed E-state index contributed by atoms with van der Waals surface area (Å²) in [5, 5.41) is 8.97. The SMILES string of the molecule is N#CC1(c2ccc(Cl)c(F)c2)CC1. The molecule has 1 aliphatic rings. The van der Waals surface area contributed by atoms with Gasteiger partial charge in [-0.3, -0.25) is 0 Å². The van der Waals surface area contributed by atoms with Crippen molar-refractivity contribution in [2.24, 2.45) is 0 Å². The molecule has 0 heterocycles. The molecule has 0 saturated heterocycles. The zero-order chi connectivity index (χ0) is 9.47. The van der Waals surface area contributed by atoms with Gasteiger partial charge in [-0.25, -0.2) is 4.39 Å². The zero-order valence-corrected chi connectivity index (χ0v) is 7.61. The quantitative estimate of drug-likeness (QED) is 0.676. The van der Waals surface area contributed by atoms with Gasteiger partial charge in [0.2, 0.25) is 0 Å². The van der Waals surface area contributed by atoms with Crippen LogP contribution >= 0.6 is 11.6 Å². The minimum Gasteiger partial charge on any atom is -0.205 e. The fourth-order valence-electron chi connectivity index (χ4n) is 1.38. The fourth-order valence-corrected chi connectivity index (χ4v) is 1.50. The molecule has 13 heavy (non-hydrogen) atoms. The van der Waals surface area contributed by atoms with E-state index < -0.39 is 11.2 Å². The van der Waals surface area contributed by atoms with E-state index in [9.17, 15) is 4.39 Å². The number of nitriles is 1. The number of benzene rings is 1. The van der Waals surface area contributed by atoms with E-state index in [1.165, 1.54) is 12.1 Å². The van der Waals surface area contributed by atoms with Gasteiger partial charge < -0.3 is 0 Å². The van der Waals surface area contributed by atoms with Crippen LogP contribution in [0.4, 0.5) is 4.39 Å². The topological polar surface area (TPSA) is 23.8 Å². The van der Waals surface area contributed by atoms with Gasteiger partial charge in [0.05, 0.1) is 16.5 Å². The first-order valence-corrected chi connectivity index (χ1v) is 4.42. The Morgan fingerprint density at radius 3 is 2.62 bits per heavy atom. The van der Waals surface area contributed by atoms with E-state index in [4.69, 9.17) is 16.9 Å². The van der Waals surface area contributed by atoms with Crippen LogP contribution in [0, 0.1) is 17.1 Å². The Labute approximate surface area is 80.7 Å². The summed E-state index contributed by atoms with van der Waals surface area (Å²) in [4.78, 5) is 0. The van der Waals surface area contributed by atoms with Gasteiger partial charge in [-0.2, -0.15) is 5.26 Å². The summed E-state index contributed by atoms with van der Waals surface area (Å²) in [5.41, 5.74) is 0.322. The lowest BCUT2D eigenvalue weighted by Crippen LogP contribution is -2.02. The third-order valence-electron chi connectivity index (χ3n) is 2.44. The average molecular weight is 196 g/mol. The van der Waals surface area contributed by atoms with Gasteiger partial charge in [-0.15, -0.1) is 0 Å². The van der Waals surface area contributed by atoms with Crippen LogP contribution < -0.4 is 0 Å². The predicted octanol–water partition coefficient (Wildman–Crippen LogP) is 3.03. The highest BCUT2D eigenvalue weighted by molar-refractivity contribution is 6.30. The molecule has 1 fully saturated rings. The van der Waals surface area contributed by atoms with Crippen molar-refractivity contribution in [2.45, 2.75) is 18.3 Å². The molecule has 2 rings (SSSR count). The minimum atomic E-state index is -0.444. The van der Waals surface area contributed by atoms with E-state index in [-0.39, 0.29) is 5.02 Å². The molecule has 0 aromatic heterocycles. The van der Waals surface area contributed by atoms with E-state index in [0.717, 1.165) is 18.4 Å². The van der Waals surface area contributed by atoms with Crippen molar-refractivity contribution in [3.8, 4) is 6.07 Å². The van der Waals surface area contributed by atoms with Crippen LogP contribution in [0.5, 0.6) is 0 Å². The molecule has 0 atom stereocenters. The summed E-state index contributed by atoms with van der Waals surface area (Å²) >= 11 is 5.54. The Bertz CT molecular complexity index is 390. The molecule has 0 amide bonds. The maximum Gasteiger partial charge on any atom is 0.142 e. The second-order valence-corrected chi connectivity index (χ2v) is 3.73. The van der Waals surface area contributed by atoms with Crippen LogP contribution in [0.2, 0.25) is 5.02 Å². The lowest BCUT2D eigenvalue weighted by atomic mass is 9.98. The molecule has 0 bridgehead atoms. The number of hydrogen-bond donors (Lipinski definition) is 0. The van der Waals surface area contributed by atoms with Crippen molar-refractivity contribution in [3.63, 3.8) is 0 Å². The van der Waals surface area contributed by atoms with Crippen molar-refractivity contribution in [1.29, 1.82) is 5.26 Å². The first kappa shape index (κ1) is 8.52. The van der Waals surface area contributed by atoms with Gasteiger partial charge in [-0.05, 0) is 30.5 Å². The maximum atomic E-state index is 13.0. The number of nitrogens with zero attached hydrogens (tertiary/aromatic N) is 1. The van der Waals surface area contributed by atoms with Crippen LogP contribution in [0.25, 0.3) is 0 Å². The van der Waals surface area contributed by atoms with E-state index in [0.29, 0.717) is 0 Å². The summed E-state index contributed by atoms with van der Waals surface area (Å²) in [5.74, 6) is -0.444. The third-order valence-corrected chi connectivity index (χ3v) is 2.74. The Hall–Kier alpha value is -1.07. The predicted molar refractivity (Wildman–Crippen MR) is 47.9 cm³/mol. The second kappa shape index (κ2) is 2.71. The molecule has 66 valence electrons. The molecule has 0 spiro atoms. The highest BCUT2D eigenvalue weighted by Crippen LogP contribution is 2.47. The minimum absolute atomic E-state index is 0.109. The van der Waals surface area contributed by atoms with Crippen LogP contribution in [0.1, 0.15) is 18.4 Å². The molecule has 1 aromatic rings. The normalized spacial score (nSPS) is 17.9. The van der Waals surface area contributed by atoms with Crippen molar-refractivity contribution >= 4 is 11.6 Å². The lowest BCUT2D eigenvalue weighted by Gasteiger charge is -2.05. The Balaban J connectivity index is 2.44. The zero-order valence-electron chi connectivity index (χ0n) is 6.85. The summed E-state index contributed by atoms with van der Waals surface area (Å²) in [7, 11) is 0. The highest BCUT2D eigenvalue weighted by atomic mass is 35.5. The van der Waals surface area contributed by atoms with E-state index in [1.54, 1.807) is 6.07 Å². The average Bonchev–Trinajstić information content (AvgIpc) is 2.90. The summed E-state index contributed by atoms with van der Waals surface area (Å²) in [6.07, 6.45) is 1.65. The lowest BCUT2D eigenvalue weighted by molar-refractivity contribution is 0.624. The summed E-state index contributed by atoms with van der Waals surface area (Å²) in [6.45, 7) is 0. The van der Waals surface area contributed by atoms with Crippen LogP contribution in [0.15, 0.2) is 18.2 Å². The smallest absolute Gasteiger partial charge is 0.142 e. The van der Waals surface area contributed by atoms with E-state index in [2.05, 4.69) is 6.07 Å². The molecular weight excluding hydrogens is 189 g/mol. The Morgan fingerprint density at radius 1 is 1.46 bits per heavy atom. The molecule has 3 heteroatoms. The van der Waals surface area contributed by atoms with Gasteiger partial charge in [0.1, 0.15) is 5.82 Å². The molecule has 0 unspecified atom stereocenters. The van der Waals surface area contributed by atoms with Gasteiger partial charge in [0, 0.05) is 0 Å². The molecule has 1 aromatic carbocycles. The number of halogens is 2. The maximum absolute atomic E-state index is 13.0. The molecule has 0 radical (unpaired) electrons. The van der Waals surface area contributed by atoms with E-state index in [1.807, 2.05) is 0 Å². The molecule has 0 aliphatic heterocycles. The first-order valence-electron chi connectivity index (χ1n) is 4.05. The van der Waals surface area contributed by atoms with Gasteiger partial charge in [0.25, 0.3) is 0 Å². The number of rotatable bonds is 1. The molecular formula is C10H7ClFN. The van der Waals surface area contributed by atoms with E-state index >= 15 is 0 Å². The van der Waals surface area contributed by atoms with Gasteiger partial charge >= 0.3 is 0 Å². The van der Waals surface area contributed by atoms with Crippen molar-refractivity contribution < 1.29 is 4.39 Å². The molecule has 0 N–H and O–H groups in total. The first-order chi connectivity index (χ1) is 6.18. The Morgan fingerprint density at radius 2 is 2.15 bits per heavy atom. The van der Waals surface area contributed by atoms with Crippen LogP contribution in [0.3, 0.4) is 0 Å². The summed E-state index contributed by atoms with van der Waals surface area (Å²) < 4.78 is 13.0. The standard InChI is InChI=1S/C10H7ClFN/c11-8-2-1-7(5-9(8)12)10(6-13)3-4-10/h1-2,5H,3-4H2. The van der Waals surface area contributed by atoms with Crippen molar-refractivity contribution in [3.05, 3.63) is 34.6 Å². The fraction of sp³-hybridized carbons (Fsp3) is 0.300. The molecule has 1 saturated carbocycles. The van der Waals surface area contributed by atoms with Gasteiger partial charge in [-0.1, -0.05) is 17.7 Å². The van der Waals surface area contributed by atoms with Crippen molar-refractivity contribution in [1.82, 2.24) is 0 Å².